The molecule has 3 aromatic carbocycles. The maximum absolute atomic E-state index is 13.5. The number of methoxy groups -OCH3 is 1. The van der Waals surface area contributed by atoms with Gasteiger partial charge >= 0.3 is 0 Å². The number of ketones is 1. The normalized spacial score (nSPS) is 17.1. The molecule has 2 heterocycles. The van der Waals surface area contributed by atoms with Crippen LogP contribution < -0.4 is 14.4 Å². The minimum Gasteiger partial charge on any atom is -0.507 e. The molecule has 7 nitrogen and oxygen atoms in total. The number of aliphatic hydroxyl groups excluding tert-OH is 1. The quantitative estimate of drug-likeness (QED) is 0.203. The zero-order valence-corrected chi connectivity index (χ0v) is 20.0. The van der Waals surface area contributed by atoms with Crippen LogP contribution in [-0.4, -0.2) is 35.5 Å². The molecule has 36 heavy (non-hydrogen) atoms. The number of fused-ring (bicyclic) bond motifs is 1. The van der Waals surface area contributed by atoms with E-state index in [1.807, 2.05) is 43.3 Å². The molecule has 1 aliphatic heterocycles. The van der Waals surface area contributed by atoms with Gasteiger partial charge in [-0.3, -0.25) is 14.5 Å². The number of anilines is 1. The van der Waals surface area contributed by atoms with Crippen molar-refractivity contribution in [1.82, 2.24) is 4.98 Å². The van der Waals surface area contributed by atoms with Crippen molar-refractivity contribution in [3.05, 3.63) is 95.7 Å². The summed E-state index contributed by atoms with van der Waals surface area (Å²) in [7, 11) is 1.55. The Hall–Kier alpha value is -4.52. The first-order valence-electron chi connectivity index (χ1n) is 11.8. The number of Topliss-reactive ketones (excluding diaryl/α,β-unsaturated/α-hetero) is 1. The Morgan fingerprint density at radius 1 is 1.00 bits per heavy atom. The molecule has 2 N–H and O–H groups in total. The molecule has 1 amide bonds. The first-order valence-corrected chi connectivity index (χ1v) is 11.8. The SMILES string of the molecule is CCCOc1cccc(N2C(=O)C(=O)/C(=C(\O)c3c[nH]c4ccccc34)C2c2cccc(OC)c2)c1. The summed E-state index contributed by atoms with van der Waals surface area (Å²) < 4.78 is 11.2. The Morgan fingerprint density at radius 2 is 1.78 bits per heavy atom. The summed E-state index contributed by atoms with van der Waals surface area (Å²) >= 11 is 0. The van der Waals surface area contributed by atoms with Crippen molar-refractivity contribution in [3.8, 4) is 11.5 Å². The van der Waals surface area contributed by atoms with Crippen molar-refractivity contribution in [3.63, 3.8) is 0 Å². The summed E-state index contributed by atoms with van der Waals surface area (Å²) in [6.45, 7) is 2.54. The monoisotopic (exact) mass is 482 g/mol. The van der Waals surface area contributed by atoms with Crippen LogP contribution in [0.1, 0.15) is 30.5 Å². The number of nitrogens with zero attached hydrogens (tertiary/aromatic N) is 1. The smallest absolute Gasteiger partial charge is 0.300 e. The van der Waals surface area contributed by atoms with Gasteiger partial charge in [0.15, 0.2) is 0 Å². The van der Waals surface area contributed by atoms with Crippen LogP contribution in [0.15, 0.2) is 84.6 Å². The molecule has 1 atom stereocenters. The van der Waals surface area contributed by atoms with Gasteiger partial charge in [0.25, 0.3) is 11.7 Å². The molecule has 1 saturated heterocycles. The van der Waals surface area contributed by atoms with E-state index in [0.717, 1.165) is 17.3 Å². The molecular formula is C29H26N2O5. The van der Waals surface area contributed by atoms with Crippen LogP contribution in [0, 0.1) is 0 Å². The highest BCUT2D eigenvalue weighted by molar-refractivity contribution is 6.51. The number of rotatable bonds is 7. The van der Waals surface area contributed by atoms with E-state index in [-0.39, 0.29) is 11.3 Å². The molecule has 1 fully saturated rings. The summed E-state index contributed by atoms with van der Waals surface area (Å²) in [5.74, 6) is -0.552. The standard InChI is InChI=1S/C29H26N2O5/c1-3-14-36-21-11-7-9-19(16-21)31-26(18-8-6-10-20(15-18)35-2)25(28(33)29(31)34)27(32)23-17-30-24-13-5-4-12-22(23)24/h4-13,15-17,26,30,32H,3,14H2,1-2H3/b27-25-. The molecule has 0 radical (unpaired) electrons. The van der Waals surface area contributed by atoms with E-state index in [2.05, 4.69) is 4.98 Å². The molecular weight excluding hydrogens is 456 g/mol. The lowest BCUT2D eigenvalue weighted by atomic mass is 9.95. The van der Waals surface area contributed by atoms with Gasteiger partial charge in [-0.1, -0.05) is 43.3 Å². The van der Waals surface area contributed by atoms with Crippen molar-refractivity contribution in [2.45, 2.75) is 19.4 Å². The average Bonchev–Trinajstić information content (AvgIpc) is 3.46. The number of carbonyl (C=O) groups excluding carboxylic acids is 2. The fourth-order valence-corrected chi connectivity index (χ4v) is 4.58. The molecule has 182 valence electrons. The van der Waals surface area contributed by atoms with Crippen LogP contribution in [0.5, 0.6) is 11.5 Å². The van der Waals surface area contributed by atoms with Crippen LogP contribution in [0.25, 0.3) is 16.7 Å². The fraction of sp³-hybridized carbons (Fsp3) is 0.172. The number of aliphatic hydroxyl groups is 1. The number of para-hydroxylation sites is 1. The maximum Gasteiger partial charge on any atom is 0.300 e. The van der Waals surface area contributed by atoms with Crippen molar-refractivity contribution in [2.24, 2.45) is 0 Å². The van der Waals surface area contributed by atoms with Gasteiger partial charge in [0.1, 0.15) is 17.3 Å². The minimum atomic E-state index is -0.866. The van der Waals surface area contributed by atoms with Crippen LogP contribution in [0.3, 0.4) is 0 Å². The Balaban J connectivity index is 1.71. The van der Waals surface area contributed by atoms with Crippen molar-refractivity contribution >= 4 is 34.0 Å². The van der Waals surface area contributed by atoms with Gasteiger partial charge in [-0.25, -0.2) is 0 Å². The van der Waals surface area contributed by atoms with E-state index >= 15 is 0 Å². The lowest BCUT2D eigenvalue weighted by Crippen LogP contribution is -2.29. The Kier molecular flexibility index (Phi) is 6.21. The highest BCUT2D eigenvalue weighted by atomic mass is 16.5. The van der Waals surface area contributed by atoms with E-state index < -0.39 is 17.7 Å². The van der Waals surface area contributed by atoms with Crippen molar-refractivity contribution in [1.29, 1.82) is 0 Å². The van der Waals surface area contributed by atoms with Crippen LogP contribution in [-0.2, 0) is 9.59 Å². The number of carbonyl (C=O) groups is 2. The zero-order valence-electron chi connectivity index (χ0n) is 20.0. The second-order valence-electron chi connectivity index (χ2n) is 8.54. The van der Waals surface area contributed by atoms with Crippen LogP contribution in [0.2, 0.25) is 0 Å². The Morgan fingerprint density at radius 3 is 2.58 bits per heavy atom. The average molecular weight is 483 g/mol. The van der Waals surface area contributed by atoms with Gasteiger partial charge in [-0.05, 0) is 42.3 Å². The summed E-state index contributed by atoms with van der Waals surface area (Å²) in [5.41, 5.74) is 2.41. The van der Waals surface area contributed by atoms with Gasteiger partial charge in [-0.2, -0.15) is 0 Å². The molecule has 4 aromatic rings. The predicted octanol–water partition coefficient (Wildman–Crippen LogP) is 5.59. The second-order valence-corrected chi connectivity index (χ2v) is 8.54. The third kappa shape index (κ3) is 3.98. The van der Waals surface area contributed by atoms with E-state index in [4.69, 9.17) is 9.47 Å². The number of ether oxygens (including phenoxy) is 2. The van der Waals surface area contributed by atoms with Gasteiger partial charge in [0.2, 0.25) is 0 Å². The molecule has 0 bridgehead atoms. The first kappa shape index (κ1) is 23.2. The van der Waals surface area contributed by atoms with E-state index in [9.17, 15) is 14.7 Å². The number of amides is 1. The van der Waals surface area contributed by atoms with Gasteiger partial charge in [0, 0.05) is 34.4 Å². The van der Waals surface area contributed by atoms with Crippen molar-refractivity contribution in [2.75, 3.05) is 18.6 Å². The molecule has 1 unspecified atom stereocenters. The first-order chi connectivity index (χ1) is 17.5. The minimum absolute atomic E-state index is 0.0119. The number of benzene rings is 3. The van der Waals surface area contributed by atoms with E-state index in [1.165, 1.54) is 4.90 Å². The summed E-state index contributed by atoms with van der Waals surface area (Å²) in [4.78, 5) is 31.5. The summed E-state index contributed by atoms with van der Waals surface area (Å²) in [5, 5.41) is 12.2. The topological polar surface area (TPSA) is 91.9 Å². The molecule has 0 aliphatic carbocycles. The number of hydrogen-bond acceptors (Lipinski definition) is 5. The summed E-state index contributed by atoms with van der Waals surface area (Å²) in [6, 6.07) is 20.8. The number of hydrogen-bond donors (Lipinski definition) is 2. The lowest BCUT2D eigenvalue weighted by molar-refractivity contribution is -0.132. The van der Waals surface area contributed by atoms with Crippen LogP contribution >= 0.6 is 0 Å². The van der Waals surface area contributed by atoms with Gasteiger partial charge < -0.3 is 19.6 Å². The number of H-pyrrole nitrogens is 1. The number of nitrogens with one attached hydrogen (secondary N) is 1. The highest BCUT2D eigenvalue weighted by Crippen LogP contribution is 2.44. The Bertz CT molecular complexity index is 1490. The third-order valence-corrected chi connectivity index (χ3v) is 6.27. The highest BCUT2D eigenvalue weighted by Gasteiger charge is 2.47. The molecule has 5 rings (SSSR count). The van der Waals surface area contributed by atoms with Crippen LogP contribution in [0.4, 0.5) is 5.69 Å². The van der Waals surface area contributed by atoms with E-state index in [1.54, 1.807) is 49.7 Å². The lowest BCUT2D eigenvalue weighted by Gasteiger charge is -2.26. The second kappa shape index (κ2) is 9.62. The van der Waals surface area contributed by atoms with E-state index in [0.29, 0.717) is 34.9 Å². The number of aromatic amines is 1. The zero-order chi connectivity index (χ0) is 25.2. The van der Waals surface area contributed by atoms with Crippen molar-refractivity contribution < 1.29 is 24.2 Å². The number of aromatic nitrogens is 1. The third-order valence-electron chi connectivity index (χ3n) is 6.27. The molecule has 1 aliphatic rings. The van der Waals surface area contributed by atoms with Gasteiger partial charge in [-0.15, -0.1) is 0 Å². The van der Waals surface area contributed by atoms with Gasteiger partial charge in [0.05, 0.1) is 25.3 Å². The fourth-order valence-electron chi connectivity index (χ4n) is 4.58. The molecule has 0 spiro atoms. The Labute approximate surface area is 208 Å². The molecule has 7 heteroatoms. The molecule has 0 saturated carbocycles. The molecule has 1 aromatic heterocycles. The largest absolute Gasteiger partial charge is 0.507 e. The maximum atomic E-state index is 13.5. The summed E-state index contributed by atoms with van der Waals surface area (Å²) in [6.07, 6.45) is 2.48. The predicted molar refractivity (Wildman–Crippen MR) is 138 cm³/mol.